The van der Waals surface area contributed by atoms with Gasteiger partial charge >= 0.3 is 0 Å². The molecule has 17 heavy (non-hydrogen) atoms. The summed E-state index contributed by atoms with van der Waals surface area (Å²) >= 11 is 3.35. The fraction of sp³-hybridized carbons (Fsp3) is 0.182. The summed E-state index contributed by atoms with van der Waals surface area (Å²) in [7, 11) is -3.16. The predicted molar refractivity (Wildman–Crippen MR) is 69.6 cm³/mol. The molecule has 0 unspecified atom stereocenters. The highest BCUT2D eigenvalue weighted by Gasteiger charge is 2.12. The molecule has 6 heteroatoms. The van der Waals surface area contributed by atoms with Crippen LogP contribution in [0.3, 0.4) is 0 Å². The number of sulfone groups is 1. The summed E-state index contributed by atoms with van der Waals surface area (Å²) in [6.45, 7) is 1.79. The highest BCUT2D eigenvalue weighted by atomic mass is 79.9. The van der Waals surface area contributed by atoms with Gasteiger partial charge in [0.25, 0.3) is 0 Å². The molecule has 0 atom stereocenters. The van der Waals surface area contributed by atoms with E-state index in [-0.39, 0.29) is 0 Å². The van der Waals surface area contributed by atoms with Crippen molar-refractivity contribution in [1.82, 2.24) is 10.2 Å². The lowest BCUT2D eigenvalue weighted by atomic mass is 10.1. The second-order valence-corrected chi connectivity index (χ2v) is 6.63. The molecule has 0 aliphatic carbocycles. The Kier molecular flexibility index (Phi) is 3.09. The van der Waals surface area contributed by atoms with E-state index in [1.807, 2.05) is 6.07 Å². The molecule has 0 spiro atoms. The molecule has 2 rings (SSSR count). The minimum atomic E-state index is -3.16. The molecule has 0 aliphatic rings. The maximum absolute atomic E-state index is 11.5. The van der Waals surface area contributed by atoms with Gasteiger partial charge in [0.15, 0.2) is 9.84 Å². The predicted octanol–water partition coefficient (Wildman–Crippen LogP) is 2.55. The topological polar surface area (TPSA) is 62.8 Å². The molecule has 1 aromatic carbocycles. The van der Waals surface area contributed by atoms with Crippen molar-refractivity contribution in [3.63, 3.8) is 0 Å². The number of aromatic nitrogens is 2. The molecule has 0 bridgehead atoms. The normalized spacial score (nSPS) is 11.7. The number of benzene rings is 1. The highest BCUT2D eigenvalue weighted by molar-refractivity contribution is 9.10. The maximum atomic E-state index is 11.5. The zero-order chi connectivity index (χ0) is 12.6. The van der Waals surface area contributed by atoms with Gasteiger partial charge in [0.2, 0.25) is 0 Å². The minimum Gasteiger partial charge on any atom is -0.271 e. The summed E-state index contributed by atoms with van der Waals surface area (Å²) in [6.07, 6.45) is 2.90. The minimum absolute atomic E-state index is 0.362. The first-order valence-electron chi connectivity index (χ1n) is 4.89. The Morgan fingerprint density at radius 3 is 2.53 bits per heavy atom. The summed E-state index contributed by atoms with van der Waals surface area (Å²) < 4.78 is 23.8. The largest absolute Gasteiger partial charge is 0.271 e. The first-order chi connectivity index (χ1) is 7.89. The van der Waals surface area contributed by atoms with Gasteiger partial charge in [-0.15, -0.1) is 0 Å². The fourth-order valence-electron chi connectivity index (χ4n) is 1.70. The third kappa shape index (κ3) is 2.42. The van der Waals surface area contributed by atoms with Gasteiger partial charge in [0.1, 0.15) is 4.60 Å². The SMILES string of the molecule is Cc1cc(-c2cn[nH]c2Br)ccc1S(C)(=O)=O. The van der Waals surface area contributed by atoms with Crippen LogP contribution in [0.1, 0.15) is 5.56 Å². The number of nitrogens with one attached hydrogen (secondary N) is 1. The standard InChI is InChI=1S/C11H11BrN2O2S/c1-7-5-8(9-6-13-14-11(9)12)3-4-10(7)17(2,15)16/h3-6H,1-2H3,(H,13,14). The maximum Gasteiger partial charge on any atom is 0.175 e. The van der Waals surface area contributed by atoms with Crippen molar-refractivity contribution in [3.05, 3.63) is 34.6 Å². The van der Waals surface area contributed by atoms with Crippen LogP contribution in [0.4, 0.5) is 0 Å². The van der Waals surface area contributed by atoms with Crippen LogP contribution >= 0.6 is 15.9 Å². The molecule has 1 heterocycles. The van der Waals surface area contributed by atoms with Crippen LogP contribution in [0.2, 0.25) is 0 Å². The first kappa shape index (κ1) is 12.3. The van der Waals surface area contributed by atoms with E-state index >= 15 is 0 Å². The number of aromatic amines is 1. The molecule has 0 radical (unpaired) electrons. The lowest BCUT2D eigenvalue weighted by Crippen LogP contribution is -1.99. The Bertz CT molecular complexity index is 662. The second kappa shape index (κ2) is 4.27. The number of rotatable bonds is 2. The van der Waals surface area contributed by atoms with Crippen LogP contribution in [-0.4, -0.2) is 24.9 Å². The van der Waals surface area contributed by atoms with Crippen molar-refractivity contribution in [2.45, 2.75) is 11.8 Å². The van der Waals surface area contributed by atoms with Crippen LogP contribution < -0.4 is 0 Å². The lowest BCUT2D eigenvalue weighted by molar-refractivity contribution is 0.601. The van der Waals surface area contributed by atoms with E-state index in [9.17, 15) is 8.42 Å². The third-order valence-electron chi connectivity index (χ3n) is 2.48. The second-order valence-electron chi connectivity index (χ2n) is 3.85. The molecule has 1 aromatic heterocycles. The molecule has 0 saturated carbocycles. The van der Waals surface area contributed by atoms with Crippen molar-refractivity contribution < 1.29 is 8.42 Å². The highest BCUT2D eigenvalue weighted by Crippen LogP contribution is 2.28. The Hall–Kier alpha value is -1.14. The van der Waals surface area contributed by atoms with Crippen molar-refractivity contribution in [2.24, 2.45) is 0 Å². The van der Waals surface area contributed by atoms with Crippen molar-refractivity contribution in [2.75, 3.05) is 6.26 Å². The van der Waals surface area contributed by atoms with Crippen LogP contribution in [0.25, 0.3) is 11.1 Å². The molecule has 90 valence electrons. The number of hydrogen-bond acceptors (Lipinski definition) is 3. The van der Waals surface area contributed by atoms with Crippen LogP contribution in [-0.2, 0) is 9.84 Å². The van der Waals surface area contributed by atoms with Gasteiger partial charge in [-0.05, 0) is 46.1 Å². The van der Waals surface area contributed by atoms with E-state index in [1.165, 1.54) is 6.26 Å². The molecule has 0 amide bonds. The van der Waals surface area contributed by atoms with Crippen molar-refractivity contribution in [1.29, 1.82) is 0 Å². The van der Waals surface area contributed by atoms with Gasteiger partial charge in [-0.25, -0.2) is 8.42 Å². The zero-order valence-electron chi connectivity index (χ0n) is 9.36. The smallest absolute Gasteiger partial charge is 0.175 e. The Morgan fingerprint density at radius 1 is 1.35 bits per heavy atom. The Morgan fingerprint density at radius 2 is 2.06 bits per heavy atom. The van der Waals surface area contributed by atoms with Crippen molar-refractivity contribution in [3.8, 4) is 11.1 Å². The number of nitrogens with zero attached hydrogens (tertiary/aromatic N) is 1. The molecule has 0 fully saturated rings. The average molecular weight is 315 g/mol. The summed E-state index contributed by atoms with van der Waals surface area (Å²) in [5.41, 5.74) is 2.57. The van der Waals surface area contributed by atoms with Gasteiger partial charge in [0, 0.05) is 11.8 Å². The summed E-state index contributed by atoms with van der Waals surface area (Å²) in [6, 6.07) is 5.24. The van der Waals surface area contributed by atoms with Crippen LogP contribution in [0.15, 0.2) is 33.9 Å². The van der Waals surface area contributed by atoms with Crippen LogP contribution in [0, 0.1) is 6.92 Å². The molecular weight excluding hydrogens is 304 g/mol. The summed E-state index contributed by atoms with van der Waals surface area (Å²) in [5.74, 6) is 0. The van der Waals surface area contributed by atoms with Gasteiger partial charge in [-0.2, -0.15) is 5.10 Å². The Balaban J connectivity index is 2.56. The van der Waals surface area contributed by atoms with E-state index in [0.717, 1.165) is 21.3 Å². The fourth-order valence-corrected chi connectivity index (χ4v) is 3.10. The monoisotopic (exact) mass is 314 g/mol. The van der Waals surface area contributed by atoms with E-state index in [0.29, 0.717) is 4.90 Å². The molecule has 4 nitrogen and oxygen atoms in total. The molecule has 1 N–H and O–H groups in total. The number of H-pyrrole nitrogens is 1. The molecular formula is C11H11BrN2O2S. The number of hydrogen-bond donors (Lipinski definition) is 1. The average Bonchev–Trinajstić information content (AvgIpc) is 2.62. The van der Waals surface area contributed by atoms with E-state index in [1.54, 1.807) is 25.3 Å². The summed E-state index contributed by atoms with van der Waals surface area (Å²) in [4.78, 5) is 0.362. The van der Waals surface area contributed by atoms with E-state index in [2.05, 4.69) is 26.1 Å². The number of aryl methyl sites for hydroxylation is 1. The first-order valence-corrected chi connectivity index (χ1v) is 7.58. The van der Waals surface area contributed by atoms with E-state index in [4.69, 9.17) is 0 Å². The quantitative estimate of drug-likeness (QED) is 0.926. The molecule has 0 saturated heterocycles. The van der Waals surface area contributed by atoms with Crippen molar-refractivity contribution >= 4 is 25.8 Å². The zero-order valence-corrected chi connectivity index (χ0v) is 11.8. The molecule has 0 aliphatic heterocycles. The summed E-state index contributed by atoms with van der Waals surface area (Å²) in [5, 5.41) is 6.69. The van der Waals surface area contributed by atoms with Crippen LogP contribution in [0.5, 0.6) is 0 Å². The van der Waals surface area contributed by atoms with Gasteiger partial charge in [0.05, 0.1) is 11.1 Å². The third-order valence-corrected chi connectivity index (χ3v) is 4.34. The van der Waals surface area contributed by atoms with Gasteiger partial charge < -0.3 is 0 Å². The van der Waals surface area contributed by atoms with Gasteiger partial charge in [-0.1, -0.05) is 6.07 Å². The number of halogens is 1. The Labute approximate surface area is 108 Å². The van der Waals surface area contributed by atoms with E-state index < -0.39 is 9.84 Å². The molecule has 2 aromatic rings. The van der Waals surface area contributed by atoms with Gasteiger partial charge in [-0.3, -0.25) is 5.10 Å². The lowest BCUT2D eigenvalue weighted by Gasteiger charge is -2.06.